The van der Waals surface area contributed by atoms with Crippen LogP contribution < -0.4 is 5.32 Å². The fourth-order valence-corrected chi connectivity index (χ4v) is 11.8. The topological polar surface area (TPSA) is 125 Å². The maximum absolute atomic E-state index is 13.1. The number of carbonyl (C=O) groups excluding carboxylic acids is 1. The molecule has 16 atom stereocenters. The lowest BCUT2D eigenvalue weighted by Gasteiger charge is -2.61. The lowest BCUT2D eigenvalue weighted by molar-refractivity contribution is -0.571. The summed E-state index contributed by atoms with van der Waals surface area (Å²) in [6, 6.07) is 9.22. The molecule has 8 saturated heterocycles. The summed E-state index contributed by atoms with van der Waals surface area (Å²) in [7, 11) is 0. The van der Waals surface area contributed by atoms with Crippen LogP contribution in [0.15, 0.2) is 35.5 Å². The van der Waals surface area contributed by atoms with E-state index in [2.05, 4.69) is 38.2 Å². The minimum atomic E-state index is -0.866. The van der Waals surface area contributed by atoms with Crippen molar-refractivity contribution >= 4 is 17.5 Å². The number of nitrogens with one attached hydrogen (secondary N) is 1. The predicted octanol–water partition coefficient (Wildman–Crippen LogP) is 7.87. The van der Waals surface area contributed by atoms with Crippen LogP contribution >= 0.6 is 0 Å². The zero-order valence-corrected chi connectivity index (χ0v) is 31.4. The van der Waals surface area contributed by atoms with E-state index in [0.29, 0.717) is 36.1 Å². The molecule has 11 rings (SSSR count). The SMILES string of the molecule is C[C@H]1[C@@H](CC(C[C@H]2O[C@@H]3OC4(C)CC[C@H]5[C@H](C)CC[C@@H]([C@H]2C)[C@@]35OO4)=NOC(=O)Nc2ccccc2)O[C@@H]2OC3(C)CC[C@H]4[C@H](C)CC[C@@H]1[C@@]24OO3. The molecule has 8 aliphatic heterocycles. The van der Waals surface area contributed by atoms with Crippen LogP contribution in [-0.2, 0) is 43.3 Å². The second kappa shape index (κ2) is 13.0. The Morgan fingerprint density at radius 2 is 1.21 bits per heavy atom. The third-order valence-corrected chi connectivity index (χ3v) is 14.7. The van der Waals surface area contributed by atoms with Gasteiger partial charge in [-0.05, 0) is 100 Å². The molecule has 12 nitrogen and oxygen atoms in total. The number of hydrogen-bond donors (Lipinski definition) is 1. The number of benzene rings is 1. The van der Waals surface area contributed by atoms with Crippen molar-refractivity contribution in [2.75, 3.05) is 5.32 Å². The van der Waals surface area contributed by atoms with Crippen LogP contribution in [-0.4, -0.2) is 59.4 Å². The van der Waals surface area contributed by atoms with E-state index in [1.165, 1.54) is 0 Å². The van der Waals surface area contributed by atoms with Crippen molar-refractivity contribution in [3.05, 3.63) is 30.3 Å². The van der Waals surface area contributed by atoms with Gasteiger partial charge >= 0.3 is 6.09 Å². The number of ether oxygens (including phenoxy) is 4. The van der Waals surface area contributed by atoms with Gasteiger partial charge in [0.2, 0.25) is 11.6 Å². The normalized spacial score (nSPS) is 50.2. The number of oxime groups is 1. The van der Waals surface area contributed by atoms with Gasteiger partial charge in [-0.2, -0.15) is 0 Å². The molecule has 0 aromatic heterocycles. The van der Waals surface area contributed by atoms with Crippen LogP contribution in [0.1, 0.15) is 106 Å². The molecular formula is C40H56N2O10. The van der Waals surface area contributed by atoms with Crippen LogP contribution in [0.5, 0.6) is 0 Å². The molecule has 10 fully saturated rings. The van der Waals surface area contributed by atoms with E-state index in [1.54, 1.807) is 0 Å². The van der Waals surface area contributed by atoms with Crippen LogP contribution in [0.25, 0.3) is 0 Å². The summed E-state index contributed by atoms with van der Waals surface area (Å²) < 4.78 is 27.3. The molecule has 0 radical (unpaired) electrons. The highest BCUT2D eigenvalue weighted by molar-refractivity contribution is 5.88. The van der Waals surface area contributed by atoms with Crippen molar-refractivity contribution < 1.29 is 48.1 Å². The highest BCUT2D eigenvalue weighted by Gasteiger charge is 2.71. The molecule has 2 spiro atoms. The number of rotatable bonds is 6. The number of para-hydroxylation sites is 1. The fraction of sp³-hybridized carbons (Fsp3) is 0.800. The molecule has 12 heteroatoms. The molecule has 2 aliphatic carbocycles. The number of hydrogen-bond acceptors (Lipinski definition) is 11. The second-order valence-corrected chi connectivity index (χ2v) is 17.8. The predicted molar refractivity (Wildman–Crippen MR) is 187 cm³/mol. The third kappa shape index (κ3) is 5.61. The highest BCUT2D eigenvalue weighted by atomic mass is 17.3. The first-order valence-electron chi connectivity index (χ1n) is 19.9. The Balaban J connectivity index is 1.00. The minimum Gasteiger partial charge on any atom is -0.345 e. The molecule has 286 valence electrons. The standard InChI is InChI=1S/C40H56N2O10/c1-22-12-14-30-24(3)32(44-34-39(30)28(22)16-18-37(5,46-34)49-51-39)20-27(42-48-36(43)41-26-10-8-7-9-11-26)21-33-25(4)31-15-13-23(2)29-17-19-38(6)47-35(45-33)40(29,31)52-50-38/h7-11,22-25,28-35H,12-21H2,1-6H3,(H,41,43)/t22-,23-,24-,25-,28+,29+,30+,31+,32-,33-,34-,35-,37?,38?,39-,40-/m1/s1. The van der Waals surface area contributed by atoms with Crippen molar-refractivity contribution in [3.8, 4) is 0 Å². The van der Waals surface area contributed by atoms with Gasteiger partial charge in [-0.3, -0.25) is 10.2 Å². The van der Waals surface area contributed by atoms with Crippen molar-refractivity contribution in [1.29, 1.82) is 0 Å². The second-order valence-electron chi connectivity index (χ2n) is 17.8. The first-order chi connectivity index (χ1) is 24.9. The summed E-state index contributed by atoms with van der Waals surface area (Å²) in [5, 5.41) is 7.36. The molecule has 1 N–H and O–H groups in total. The summed E-state index contributed by atoms with van der Waals surface area (Å²) in [4.78, 5) is 43.6. The van der Waals surface area contributed by atoms with Crippen molar-refractivity contribution in [2.24, 2.45) is 52.5 Å². The number of anilines is 1. The summed E-state index contributed by atoms with van der Waals surface area (Å²) in [5.74, 6) is 0.303. The van der Waals surface area contributed by atoms with Crippen LogP contribution in [0.2, 0.25) is 0 Å². The molecule has 1 aromatic rings. The average Bonchev–Trinajstić information content (AvgIpc) is 3.50. The number of fused-ring (bicyclic) bond motifs is 4. The minimum absolute atomic E-state index is 0.101. The zero-order valence-electron chi connectivity index (χ0n) is 31.4. The van der Waals surface area contributed by atoms with Gasteiger partial charge in [0, 0.05) is 43.2 Å². The molecule has 1 aromatic carbocycles. The largest absolute Gasteiger partial charge is 0.437 e. The van der Waals surface area contributed by atoms with Gasteiger partial charge in [-0.15, -0.1) is 0 Å². The van der Waals surface area contributed by atoms with Gasteiger partial charge in [0.15, 0.2) is 23.8 Å². The summed E-state index contributed by atoms with van der Waals surface area (Å²) in [6.07, 6.45) is 6.23. The number of nitrogens with zero attached hydrogens (tertiary/aromatic N) is 1. The molecule has 4 bridgehead atoms. The van der Waals surface area contributed by atoms with Crippen molar-refractivity contribution in [3.63, 3.8) is 0 Å². The Labute approximate surface area is 306 Å². The van der Waals surface area contributed by atoms with E-state index < -0.39 is 41.4 Å². The quantitative estimate of drug-likeness (QED) is 0.134. The van der Waals surface area contributed by atoms with E-state index in [1.807, 2.05) is 44.2 Å². The Kier molecular flexibility index (Phi) is 8.86. The van der Waals surface area contributed by atoms with E-state index >= 15 is 0 Å². The van der Waals surface area contributed by atoms with Gasteiger partial charge in [0.05, 0.1) is 17.9 Å². The van der Waals surface area contributed by atoms with E-state index in [0.717, 1.165) is 51.4 Å². The van der Waals surface area contributed by atoms with E-state index in [4.69, 9.17) is 43.3 Å². The molecule has 52 heavy (non-hydrogen) atoms. The Morgan fingerprint density at radius 1 is 0.712 bits per heavy atom. The Morgan fingerprint density at radius 3 is 1.71 bits per heavy atom. The average molecular weight is 725 g/mol. The maximum Gasteiger partial charge on any atom is 0.437 e. The maximum atomic E-state index is 13.1. The van der Waals surface area contributed by atoms with Gasteiger partial charge < -0.3 is 18.9 Å². The highest BCUT2D eigenvalue weighted by Crippen LogP contribution is 2.62. The molecule has 2 unspecified atom stereocenters. The lowest BCUT2D eigenvalue weighted by Crippen LogP contribution is -2.70. The summed E-state index contributed by atoms with van der Waals surface area (Å²) in [6.45, 7) is 13.0. The molecule has 8 heterocycles. The summed E-state index contributed by atoms with van der Waals surface area (Å²) >= 11 is 0. The zero-order chi connectivity index (χ0) is 36.0. The number of carbonyl (C=O) groups is 1. The summed E-state index contributed by atoms with van der Waals surface area (Å²) in [5.41, 5.74) is -0.00564. The monoisotopic (exact) mass is 724 g/mol. The van der Waals surface area contributed by atoms with Gasteiger partial charge in [0.1, 0.15) is 0 Å². The Hall–Kier alpha value is -2.16. The van der Waals surface area contributed by atoms with Crippen LogP contribution in [0.3, 0.4) is 0 Å². The van der Waals surface area contributed by atoms with Gasteiger partial charge in [0.25, 0.3) is 0 Å². The smallest absolute Gasteiger partial charge is 0.345 e. The molecule has 1 amide bonds. The van der Waals surface area contributed by atoms with Crippen LogP contribution in [0, 0.1) is 47.3 Å². The first-order valence-corrected chi connectivity index (χ1v) is 19.9. The molecular weight excluding hydrogens is 668 g/mol. The Bertz CT molecular complexity index is 1460. The molecule has 2 saturated carbocycles. The van der Waals surface area contributed by atoms with Gasteiger partial charge in [-0.25, -0.2) is 24.3 Å². The van der Waals surface area contributed by atoms with Crippen molar-refractivity contribution in [1.82, 2.24) is 0 Å². The van der Waals surface area contributed by atoms with Gasteiger partial charge in [-0.1, -0.05) is 51.0 Å². The first kappa shape index (κ1) is 35.5. The lowest BCUT2D eigenvalue weighted by atomic mass is 9.57. The number of amides is 1. The van der Waals surface area contributed by atoms with Crippen LogP contribution in [0.4, 0.5) is 10.5 Å². The van der Waals surface area contributed by atoms with E-state index in [9.17, 15) is 4.79 Å². The van der Waals surface area contributed by atoms with Crippen molar-refractivity contribution in [2.45, 2.75) is 153 Å². The molecule has 10 aliphatic rings. The van der Waals surface area contributed by atoms with E-state index in [-0.39, 0.29) is 47.7 Å². The fourth-order valence-electron chi connectivity index (χ4n) is 11.8. The third-order valence-electron chi connectivity index (χ3n) is 14.7.